The topological polar surface area (TPSA) is 98.3 Å². The van der Waals surface area contributed by atoms with Crippen LogP contribution in [-0.2, 0) is 6.18 Å². The minimum absolute atomic E-state index is 0.0801. The first-order valence-electron chi connectivity index (χ1n) is 7.53. The highest BCUT2D eigenvalue weighted by Gasteiger charge is 2.46. The van der Waals surface area contributed by atoms with Gasteiger partial charge < -0.3 is 5.11 Å². The van der Waals surface area contributed by atoms with Crippen molar-refractivity contribution in [3.05, 3.63) is 56.9 Å². The van der Waals surface area contributed by atoms with E-state index in [9.17, 15) is 42.0 Å². The lowest BCUT2D eigenvalue weighted by Gasteiger charge is -2.19. The van der Waals surface area contributed by atoms with Crippen molar-refractivity contribution in [2.24, 2.45) is 0 Å². The monoisotopic (exact) mass is 435 g/mol. The average Bonchev–Trinajstić information content (AvgIpc) is 2.95. The van der Waals surface area contributed by atoms with E-state index in [0.717, 1.165) is 12.1 Å². The largest absolute Gasteiger partial charge is 0.464 e. The maximum absolute atomic E-state index is 13.9. The zero-order valence-electron chi connectivity index (χ0n) is 13.7. The molecule has 13 heteroatoms. The molecule has 7 nitrogen and oxygen atoms in total. The van der Waals surface area contributed by atoms with Gasteiger partial charge in [-0.3, -0.25) is 10.1 Å². The van der Waals surface area contributed by atoms with Crippen LogP contribution in [0, 0.1) is 10.1 Å². The Morgan fingerprint density at radius 2 is 1.83 bits per heavy atom. The van der Waals surface area contributed by atoms with Crippen molar-refractivity contribution < 1.29 is 36.8 Å². The summed E-state index contributed by atoms with van der Waals surface area (Å²) in [4.78, 5) is 24.9. The summed E-state index contributed by atoms with van der Waals surface area (Å²) in [6, 6.07) is 6.22. The minimum Gasteiger partial charge on any atom is -0.464 e. The van der Waals surface area contributed by atoms with Crippen LogP contribution in [0.3, 0.4) is 0 Å². The fourth-order valence-corrected chi connectivity index (χ4v) is 3.28. The van der Waals surface area contributed by atoms with Crippen molar-refractivity contribution in [3.8, 4) is 11.1 Å². The number of benzene rings is 2. The van der Waals surface area contributed by atoms with Gasteiger partial charge in [0.05, 0.1) is 16.0 Å². The lowest BCUT2D eigenvalue weighted by molar-refractivity contribution is -0.384. The molecule has 3 rings (SSSR count). The Bertz CT molecular complexity index is 1150. The van der Waals surface area contributed by atoms with Gasteiger partial charge in [-0.1, -0.05) is 30.3 Å². The van der Waals surface area contributed by atoms with Crippen molar-refractivity contribution in [3.63, 3.8) is 0 Å². The van der Waals surface area contributed by atoms with E-state index in [-0.39, 0.29) is 10.1 Å². The Morgan fingerprint density at radius 1 is 1.24 bits per heavy atom. The Morgan fingerprint density at radius 3 is 2.28 bits per heavy atom. The van der Waals surface area contributed by atoms with Crippen molar-refractivity contribution >= 4 is 34.4 Å². The molecule has 0 aliphatic carbocycles. The average molecular weight is 436 g/mol. The van der Waals surface area contributed by atoms with Gasteiger partial charge in [-0.05, 0) is 17.2 Å². The maximum atomic E-state index is 13.9. The van der Waals surface area contributed by atoms with E-state index in [0.29, 0.717) is 0 Å². The minimum atomic E-state index is -5.49. The Hall–Kier alpha value is -3.28. The molecule has 0 radical (unpaired) electrons. The van der Waals surface area contributed by atoms with Crippen molar-refractivity contribution in [1.29, 1.82) is 0 Å². The summed E-state index contributed by atoms with van der Waals surface area (Å²) in [5.74, 6) is 0. The summed E-state index contributed by atoms with van der Waals surface area (Å²) in [6.45, 7) is 0. The molecule has 0 amide bonds. The fraction of sp³-hybridized carbons (Fsp3) is 0.125. The van der Waals surface area contributed by atoms with Crippen LogP contribution in [0.5, 0.6) is 0 Å². The Balaban J connectivity index is 2.77. The van der Waals surface area contributed by atoms with Gasteiger partial charge in [0.25, 0.3) is 6.43 Å². The fourth-order valence-electron chi connectivity index (χ4n) is 3.04. The van der Waals surface area contributed by atoms with Gasteiger partial charge in [-0.2, -0.15) is 13.2 Å². The van der Waals surface area contributed by atoms with Crippen molar-refractivity contribution in [2.75, 3.05) is 0 Å². The Labute approximate surface area is 162 Å². The molecule has 1 aromatic heterocycles. The molecule has 2 aromatic carbocycles. The van der Waals surface area contributed by atoms with E-state index in [1.807, 2.05) is 0 Å². The number of carbonyl (C=O) groups is 1. The molecule has 0 aliphatic rings. The highest BCUT2D eigenvalue weighted by molar-refractivity contribution is 6.31. The second-order valence-corrected chi connectivity index (χ2v) is 5.97. The quantitative estimate of drug-likeness (QED) is 0.321. The van der Waals surface area contributed by atoms with Gasteiger partial charge >= 0.3 is 18.0 Å². The molecule has 0 saturated carbocycles. The number of rotatable bonds is 3. The molecule has 152 valence electrons. The lowest BCUT2D eigenvalue weighted by atomic mass is 9.91. The third-order valence-corrected chi connectivity index (χ3v) is 4.26. The number of nitrogens with zero attached hydrogens (tertiary/aromatic N) is 3. The van der Waals surface area contributed by atoms with Gasteiger partial charge in [-0.25, -0.2) is 23.1 Å². The molecule has 3 aromatic rings. The zero-order valence-corrected chi connectivity index (χ0v) is 14.5. The summed E-state index contributed by atoms with van der Waals surface area (Å²) in [6.07, 6.45) is -11.3. The van der Waals surface area contributed by atoms with Crippen molar-refractivity contribution in [1.82, 2.24) is 9.55 Å². The van der Waals surface area contributed by atoms with Crippen LogP contribution in [0.4, 0.5) is 32.4 Å². The third kappa shape index (κ3) is 3.24. The number of alkyl halides is 5. The summed E-state index contributed by atoms with van der Waals surface area (Å²) in [5.41, 5.74) is -8.83. The number of aromatic nitrogens is 2. The molecule has 0 spiro atoms. The van der Waals surface area contributed by atoms with Crippen LogP contribution < -0.4 is 0 Å². The molecule has 29 heavy (non-hydrogen) atoms. The number of carboxylic acid groups (broad SMARTS) is 1. The van der Waals surface area contributed by atoms with Crippen LogP contribution in [0.15, 0.2) is 30.3 Å². The number of hydrogen-bond acceptors (Lipinski definition) is 4. The molecule has 0 saturated heterocycles. The normalized spacial score (nSPS) is 12.0. The molecule has 0 fully saturated rings. The van der Waals surface area contributed by atoms with Crippen LogP contribution in [-0.4, -0.2) is 25.7 Å². The van der Waals surface area contributed by atoms with Crippen LogP contribution in [0.1, 0.15) is 17.6 Å². The van der Waals surface area contributed by atoms with E-state index in [1.165, 1.54) is 18.2 Å². The summed E-state index contributed by atoms with van der Waals surface area (Å²) in [5, 5.41) is 19.8. The maximum Gasteiger partial charge on any atom is 0.418 e. The van der Waals surface area contributed by atoms with E-state index in [4.69, 9.17) is 11.6 Å². The molecule has 0 atom stereocenters. The molecule has 0 unspecified atom stereocenters. The van der Waals surface area contributed by atoms with E-state index in [2.05, 4.69) is 4.98 Å². The van der Waals surface area contributed by atoms with E-state index >= 15 is 0 Å². The van der Waals surface area contributed by atoms with E-state index < -0.39 is 62.3 Å². The first-order valence-corrected chi connectivity index (χ1v) is 7.90. The zero-order chi connectivity index (χ0) is 21.7. The van der Waals surface area contributed by atoms with E-state index in [1.54, 1.807) is 0 Å². The number of imidazole rings is 1. The first-order chi connectivity index (χ1) is 13.5. The standard InChI is InChI=1S/C16H7ClF5N3O4/c17-14-23-10-11(24(14)15(26)27)7(6-4-2-1-3-5-6)9(16(20,21)22)8(13(18)19)12(10)25(28)29/h1-5,13H,(H,26,27). The second-order valence-electron chi connectivity index (χ2n) is 5.63. The number of halogens is 6. The summed E-state index contributed by atoms with van der Waals surface area (Å²) >= 11 is 5.68. The predicted molar refractivity (Wildman–Crippen MR) is 90.2 cm³/mol. The molecule has 0 aliphatic heterocycles. The van der Waals surface area contributed by atoms with Crippen LogP contribution in [0.2, 0.25) is 5.28 Å². The number of nitro groups is 1. The number of fused-ring (bicyclic) bond motifs is 1. The summed E-state index contributed by atoms with van der Waals surface area (Å²) < 4.78 is 69.1. The van der Waals surface area contributed by atoms with Gasteiger partial charge in [-0.15, -0.1) is 0 Å². The van der Waals surface area contributed by atoms with Crippen molar-refractivity contribution in [2.45, 2.75) is 12.6 Å². The second kappa shape index (κ2) is 6.95. The van der Waals surface area contributed by atoms with Gasteiger partial charge in [0.1, 0.15) is 5.56 Å². The predicted octanol–water partition coefficient (Wildman–Crippen LogP) is 5.75. The van der Waals surface area contributed by atoms with Crippen LogP contribution in [0.25, 0.3) is 22.2 Å². The highest BCUT2D eigenvalue weighted by atomic mass is 35.5. The number of hydrogen-bond donors (Lipinski definition) is 1. The first kappa shape index (κ1) is 20.5. The highest BCUT2D eigenvalue weighted by Crippen LogP contribution is 2.51. The van der Waals surface area contributed by atoms with Crippen LogP contribution >= 0.6 is 11.6 Å². The number of nitro benzene ring substituents is 1. The molecular formula is C16H7ClF5N3O4. The lowest BCUT2D eigenvalue weighted by Crippen LogP contribution is -2.16. The third-order valence-electron chi connectivity index (χ3n) is 4.01. The Kier molecular flexibility index (Phi) is 4.91. The van der Waals surface area contributed by atoms with Gasteiger partial charge in [0.2, 0.25) is 5.28 Å². The molecule has 1 heterocycles. The summed E-state index contributed by atoms with van der Waals surface area (Å²) in [7, 11) is 0. The molecule has 0 bridgehead atoms. The smallest absolute Gasteiger partial charge is 0.418 e. The molecular weight excluding hydrogens is 429 g/mol. The molecule has 1 N–H and O–H groups in total. The van der Waals surface area contributed by atoms with Gasteiger partial charge in [0.15, 0.2) is 5.52 Å². The SMILES string of the molecule is O=C(O)n1c(Cl)nc2c([N+](=O)[O-])c(C(F)F)c(C(F)(F)F)c(-c3ccccc3)c21. The van der Waals surface area contributed by atoms with Gasteiger partial charge in [0, 0.05) is 5.56 Å².